The van der Waals surface area contributed by atoms with Crippen molar-refractivity contribution in [1.29, 1.82) is 0 Å². The van der Waals surface area contributed by atoms with E-state index < -0.39 is 11.9 Å². The molecule has 5 aliphatic heterocycles. The van der Waals surface area contributed by atoms with E-state index >= 15 is 4.39 Å². The molecule has 0 aromatic heterocycles. The third kappa shape index (κ3) is 6.76. The Morgan fingerprint density at radius 2 is 1.69 bits per heavy atom. The summed E-state index contributed by atoms with van der Waals surface area (Å²) in [7, 11) is 1.69. The van der Waals surface area contributed by atoms with Crippen molar-refractivity contribution in [3.63, 3.8) is 0 Å². The summed E-state index contributed by atoms with van der Waals surface area (Å²) in [6, 6.07) is 23.3. The molecule has 0 bridgehead atoms. The van der Waals surface area contributed by atoms with E-state index in [0.717, 1.165) is 98.6 Å². The number of imide groups is 1. The lowest BCUT2D eigenvalue weighted by Crippen LogP contribution is -2.59. The number of aryl methyl sites for hydroxylation is 1. The number of nitrogens with one attached hydrogen (secondary N) is 1. The summed E-state index contributed by atoms with van der Waals surface area (Å²) in [5.74, 6) is 1.29. The Kier molecular flexibility index (Phi) is 9.70. The first-order valence-electron chi connectivity index (χ1n) is 22.6. The Balaban J connectivity index is 0.715. The number of hydrogen-bond donors (Lipinski definition) is 2. The van der Waals surface area contributed by atoms with E-state index in [1.165, 1.54) is 18.4 Å². The van der Waals surface area contributed by atoms with Crippen molar-refractivity contribution in [2.45, 2.75) is 81.8 Å². The number of hydrogen-bond acceptors (Lipinski definition) is 9. The van der Waals surface area contributed by atoms with Gasteiger partial charge in [-0.1, -0.05) is 36.4 Å². The Hall–Kier alpha value is -5.62. The largest absolute Gasteiger partial charge is 0.508 e. The van der Waals surface area contributed by atoms with E-state index in [4.69, 9.17) is 9.47 Å². The summed E-state index contributed by atoms with van der Waals surface area (Å²) in [6.07, 6.45) is 6.96. The SMILES string of the molecule is COc1cc(N2CC3(CCC(CN4CCN5c6cc7c(cc6OC[C@@H]5C4)C(=O)N([C@H]4CCC(=O)NC4=O)C7)CC3)C2)c(F)cc1[C@@H]1c2ccc(O)cc2CC[C@@H]1c1ccccc1. The maximum atomic E-state index is 16.4. The van der Waals surface area contributed by atoms with Crippen LogP contribution in [0.3, 0.4) is 0 Å². The van der Waals surface area contributed by atoms with Crippen molar-refractivity contribution in [2.75, 3.05) is 62.8 Å². The van der Waals surface area contributed by atoms with Gasteiger partial charge in [0.25, 0.3) is 5.91 Å². The molecule has 11 rings (SSSR count). The van der Waals surface area contributed by atoms with Crippen LogP contribution in [-0.4, -0.2) is 97.7 Å². The van der Waals surface area contributed by atoms with Crippen molar-refractivity contribution in [1.82, 2.24) is 15.1 Å². The number of nitrogens with zero attached hydrogens (tertiary/aromatic N) is 4. The second kappa shape index (κ2) is 15.3. The van der Waals surface area contributed by atoms with E-state index in [9.17, 15) is 19.5 Å². The first-order chi connectivity index (χ1) is 30.1. The standard InChI is InChI=1S/C50H54FN5O6/c1-61-44-23-42(40(51)21-39(44)47-36(31-5-3-2-4-6-31)9-7-32-19-35(57)8-10-37(32)47)54-28-50(29-54)15-13-30(14-16-50)24-53-17-18-55-34(26-53)27-62-45-22-38-33(20-43(45)55)25-56(49(38)60)41-11-12-46(58)52-48(41)59/h2-6,8,10,19-23,30,34,36,41,47,57H,7,9,11-18,24-29H2,1H3,(H,52,58,59)/t34-,36+,41-,47-/m0/s1. The highest BCUT2D eigenvalue weighted by molar-refractivity contribution is 6.06. The van der Waals surface area contributed by atoms with E-state index in [1.807, 2.05) is 30.3 Å². The summed E-state index contributed by atoms with van der Waals surface area (Å²) in [6.45, 7) is 6.46. The fourth-order valence-electron chi connectivity index (χ4n) is 12.2. The van der Waals surface area contributed by atoms with Gasteiger partial charge in [0.05, 0.1) is 24.5 Å². The normalized spacial score (nSPS) is 25.6. The number of methoxy groups -OCH3 is 1. The molecule has 2 N–H and O–H groups in total. The topological polar surface area (TPSA) is 115 Å². The molecule has 0 radical (unpaired) electrons. The zero-order valence-electron chi connectivity index (χ0n) is 35.3. The number of piperidine rings is 1. The van der Waals surface area contributed by atoms with E-state index in [2.05, 4.69) is 50.3 Å². The van der Waals surface area contributed by atoms with Crippen LogP contribution in [0.5, 0.6) is 17.2 Å². The Labute approximate surface area is 361 Å². The highest BCUT2D eigenvalue weighted by Gasteiger charge is 2.47. The minimum Gasteiger partial charge on any atom is -0.508 e. The average molecular weight is 840 g/mol. The quantitative estimate of drug-likeness (QED) is 0.196. The van der Waals surface area contributed by atoms with Gasteiger partial charge in [0.1, 0.15) is 35.7 Å². The molecule has 4 aromatic carbocycles. The van der Waals surface area contributed by atoms with Crippen molar-refractivity contribution in [3.8, 4) is 17.2 Å². The van der Waals surface area contributed by atoms with Crippen molar-refractivity contribution in [2.24, 2.45) is 11.3 Å². The van der Waals surface area contributed by atoms with Gasteiger partial charge in [-0.15, -0.1) is 0 Å². The van der Waals surface area contributed by atoms with Crippen LogP contribution in [0.25, 0.3) is 0 Å². The summed E-state index contributed by atoms with van der Waals surface area (Å²) in [5, 5.41) is 12.7. The lowest BCUT2D eigenvalue weighted by molar-refractivity contribution is -0.136. The molecule has 3 amide bonds. The van der Waals surface area contributed by atoms with Gasteiger partial charge in [-0.2, -0.15) is 0 Å². The molecule has 2 aliphatic carbocycles. The fourth-order valence-corrected chi connectivity index (χ4v) is 12.2. The molecule has 12 heteroatoms. The second-order valence-corrected chi connectivity index (χ2v) is 19.1. The monoisotopic (exact) mass is 839 g/mol. The molecule has 0 unspecified atom stereocenters. The number of rotatable bonds is 7. The van der Waals surface area contributed by atoms with Gasteiger partial charge < -0.3 is 29.3 Å². The smallest absolute Gasteiger partial charge is 0.255 e. The van der Waals surface area contributed by atoms with Crippen LogP contribution in [0.4, 0.5) is 15.8 Å². The van der Waals surface area contributed by atoms with Gasteiger partial charge in [0, 0.05) is 80.8 Å². The highest BCUT2D eigenvalue weighted by Crippen LogP contribution is 2.52. The van der Waals surface area contributed by atoms with Gasteiger partial charge in [-0.05, 0) is 109 Å². The zero-order valence-corrected chi connectivity index (χ0v) is 35.3. The number of amides is 3. The number of piperazine rings is 1. The number of aromatic hydroxyl groups is 1. The van der Waals surface area contributed by atoms with Gasteiger partial charge >= 0.3 is 0 Å². The Morgan fingerprint density at radius 3 is 2.48 bits per heavy atom. The number of phenols is 1. The molecule has 4 aromatic rings. The number of phenolic OH excluding ortho intramolecular Hbond substituents is 1. The van der Waals surface area contributed by atoms with Crippen LogP contribution in [0, 0.1) is 17.2 Å². The number of fused-ring (bicyclic) bond motifs is 5. The van der Waals surface area contributed by atoms with E-state index in [-0.39, 0.29) is 53.1 Å². The number of carbonyl (C=O) groups excluding carboxylic acids is 3. The number of ether oxygens (including phenoxy) is 2. The maximum absolute atomic E-state index is 16.4. The van der Waals surface area contributed by atoms with Crippen molar-refractivity contribution in [3.05, 3.63) is 112 Å². The highest BCUT2D eigenvalue weighted by atomic mass is 19.1. The number of halogens is 1. The number of carbonyl (C=O) groups is 3. The molecule has 11 nitrogen and oxygen atoms in total. The molecule has 7 aliphatic rings. The van der Waals surface area contributed by atoms with Crippen molar-refractivity contribution >= 4 is 29.1 Å². The third-order valence-electron chi connectivity index (χ3n) is 15.4. The minimum absolute atomic E-state index is 0.102. The summed E-state index contributed by atoms with van der Waals surface area (Å²) in [5.41, 5.74) is 7.65. The first kappa shape index (κ1) is 39.2. The van der Waals surface area contributed by atoms with Gasteiger partial charge in [-0.3, -0.25) is 24.6 Å². The van der Waals surface area contributed by atoms with Crippen LogP contribution in [0.15, 0.2) is 72.8 Å². The Morgan fingerprint density at radius 1 is 0.871 bits per heavy atom. The lowest BCUT2D eigenvalue weighted by Gasteiger charge is -2.55. The van der Waals surface area contributed by atoms with Crippen LogP contribution < -0.4 is 24.6 Å². The molecule has 62 heavy (non-hydrogen) atoms. The molecular formula is C50H54FN5O6. The van der Waals surface area contributed by atoms with Crippen LogP contribution in [-0.2, 0) is 22.6 Å². The molecule has 1 spiro atoms. The van der Waals surface area contributed by atoms with Crippen LogP contribution in [0.2, 0.25) is 0 Å². The van der Waals surface area contributed by atoms with Gasteiger partial charge in [0.2, 0.25) is 11.8 Å². The van der Waals surface area contributed by atoms with E-state index in [1.54, 1.807) is 24.1 Å². The van der Waals surface area contributed by atoms with Crippen LogP contribution in [0.1, 0.15) is 95.0 Å². The second-order valence-electron chi connectivity index (χ2n) is 19.1. The molecule has 4 fully saturated rings. The Bertz CT molecular complexity index is 2450. The predicted octanol–water partition coefficient (Wildman–Crippen LogP) is 6.74. The van der Waals surface area contributed by atoms with Gasteiger partial charge in [-0.25, -0.2) is 4.39 Å². The fraction of sp³-hybridized carbons (Fsp3) is 0.460. The minimum atomic E-state index is -0.637. The van der Waals surface area contributed by atoms with E-state index in [0.29, 0.717) is 42.5 Å². The maximum Gasteiger partial charge on any atom is 0.255 e. The van der Waals surface area contributed by atoms with Crippen molar-refractivity contribution < 1.29 is 33.4 Å². The number of benzene rings is 4. The van der Waals surface area contributed by atoms with Crippen LogP contribution >= 0.6 is 0 Å². The van der Waals surface area contributed by atoms with Gasteiger partial charge in [0.15, 0.2) is 0 Å². The molecule has 1 saturated carbocycles. The summed E-state index contributed by atoms with van der Waals surface area (Å²) in [4.78, 5) is 46.6. The number of anilines is 2. The predicted molar refractivity (Wildman–Crippen MR) is 233 cm³/mol. The lowest BCUT2D eigenvalue weighted by atomic mass is 9.65. The molecule has 4 atom stereocenters. The molecule has 322 valence electrons. The third-order valence-corrected chi connectivity index (χ3v) is 15.4. The summed E-state index contributed by atoms with van der Waals surface area (Å²) < 4.78 is 28.8. The summed E-state index contributed by atoms with van der Waals surface area (Å²) >= 11 is 0. The molecule has 3 saturated heterocycles. The molecule has 5 heterocycles. The zero-order chi connectivity index (χ0) is 42.3. The average Bonchev–Trinajstić information content (AvgIpc) is 3.59. The molecular weight excluding hydrogens is 786 g/mol. The first-order valence-corrected chi connectivity index (χ1v) is 22.6.